The van der Waals surface area contributed by atoms with Crippen LogP contribution in [0.5, 0.6) is 5.88 Å². The minimum atomic E-state index is 0.671. The average molecular weight is 364 g/mol. The van der Waals surface area contributed by atoms with E-state index in [1.807, 2.05) is 6.07 Å². The molecule has 1 aromatic rings. The second-order valence-corrected chi connectivity index (χ2v) is 5.96. The van der Waals surface area contributed by atoms with Gasteiger partial charge in [-0.15, -0.1) is 0 Å². The molecule has 0 amide bonds. The third-order valence-electron chi connectivity index (χ3n) is 2.87. The van der Waals surface area contributed by atoms with Crippen LogP contribution in [0.1, 0.15) is 19.3 Å². The highest BCUT2D eigenvalue weighted by Crippen LogP contribution is 2.25. The molecule has 1 aliphatic rings. The molecule has 0 atom stereocenters. The van der Waals surface area contributed by atoms with E-state index in [0.717, 1.165) is 15.5 Å². The van der Waals surface area contributed by atoms with Gasteiger partial charge in [0.25, 0.3) is 0 Å². The lowest BCUT2D eigenvalue weighted by atomic mass is 10.1. The number of ether oxygens (including phenoxy) is 1. The summed E-state index contributed by atoms with van der Waals surface area (Å²) in [5, 5.41) is 0. The third-order valence-corrected chi connectivity index (χ3v) is 3.87. The van der Waals surface area contributed by atoms with Gasteiger partial charge in [-0.1, -0.05) is 6.42 Å². The highest BCUT2D eigenvalue weighted by atomic mass is 79.9. The lowest BCUT2D eigenvalue weighted by Crippen LogP contribution is -2.33. The van der Waals surface area contributed by atoms with Crippen molar-refractivity contribution < 1.29 is 4.74 Å². The van der Waals surface area contributed by atoms with Crippen LogP contribution in [0.4, 0.5) is 0 Å². The molecule has 17 heavy (non-hydrogen) atoms. The Morgan fingerprint density at radius 3 is 2.71 bits per heavy atom. The molecule has 0 saturated carbocycles. The molecule has 1 aliphatic heterocycles. The van der Waals surface area contributed by atoms with Gasteiger partial charge in [0, 0.05) is 17.2 Å². The van der Waals surface area contributed by atoms with Crippen molar-refractivity contribution in [1.82, 2.24) is 9.88 Å². The van der Waals surface area contributed by atoms with Crippen molar-refractivity contribution in [2.45, 2.75) is 19.3 Å². The SMILES string of the molecule is Brc1cnc(OCCN2CCCCC2)c(Br)c1. The van der Waals surface area contributed by atoms with Crippen LogP contribution >= 0.6 is 31.9 Å². The Balaban J connectivity index is 1.77. The first kappa shape index (κ1) is 13.3. The van der Waals surface area contributed by atoms with E-state index in [-0.39, 0.29) is 0 Å². The Bertz CT molecular complexity index is 368. The van der Waals surface area contributed by atoms with Gasteiger partial charge >= 0.3 is 0 Å². The van der Waals surface area contributed by atoms with Crippen LogP contribution in [0.25, 0.3) is 0 Å². The number of likely N-dealkylation sites (tertiary alicyclic amines) is 1. The highest BCUT2D eigenvalue weighted by Gasteiger charge is 2.10. The summed E-state index contributed by atoms with van der Waals surface area (Å²) in [6.07, 6.45) is 5.76. The van der Waals surface area contributed by atoms with Gasteiger partial charge < -0.3 is 4.74 Å². The second kappa shape index (κ2) is 6.71. The molecule has 0 aromatic carbocycles. The van der Waals surface area contributed by atoms with Crippen LogP contribution in [-0.2, 0) is 0 Å². The van der Waals surface area contributed by atoms with E-state index < -0.39 is 0 Å². The topological polar surface area (TPSA) is 25.4 Å². The molecule has 0 N–H and O–H groups in total. The van der Waals surface area contributed by atoms with Crippen LogP contribution in [0.2, 0.25) is 0 Å². The number of aromatic nitrogens is 1. The average Bonchev–Trinajstić information content (AvgIpc) is 2.33. The highest BCUT2D eigenvalue weighted by molar-refractivity contribution is 9.11. The van der Waals surface area contributed by atoms with Crippen molar-refractivity contribution in [1.29, 1.82) is 0 Å². The van der Waals surface area contributed by atoms with Crippen molar-refractivity contribution in [2.24, 2.45) is 0 Å². The molecule has 0 aliphatic carbocycles. The minimum Gasteiger partial charge on any atom is -0.476 e. The van der Waals surface area contributed by atoms with Gasteiger partial charge in [-0.2, -0.15) is 0 Å². The van der Waals surface area contributed by atoms with E-state index in [0.29, 0.717) is 12.5 Å². The third kappa shape index (κ3) is 4.23. The van der Waals surface area contributed by atoms with Gasteiger partial charge in [0.1, 0.15) is 6.61 Å². The van der Waals surface area contributed by atoms with Crippen LogP contribution < -0.4 is 4.74 Å². The first-order valence-corrected chi connectivity index (χ1v) is 7.50. The summed E-state index contributed by atoms with van der Waals surface area (Å²) in [7, 11) is 0. The standard InChI is InChI=1S/C12H16Br2N2O/c13-10-8-11(14)12(15-9-10)17-7-6-16-4-2-1-3-5-16/h8-9H,1-7H2. The Labute approximate surface area is 119 Å². The minimum absolute atomic E-state index is 0.671. The Kier molecular flexibility index (Phi) is 5.25. The van der Waals surface area contributed by atoms with Gasteiger partial charge in [-0.3, -0.25) is 4.90 Å². The molecule has 2 heterocycles. The number of rotatable bonds is 4. The summed E-state index contributed by atoms with van der Waals surface area (Å²) in [6, 6.07) is 1.95. The second-order valence-electron chi connectivity index (χ2n) is 4.19. The first-order valence-electron chi connectivity index (χ1n) is 5.92. The molecule has 0 unspecified atom stereocenters. The van der Waals surface area contributed by atoms with E-state index in [4.69, 9.17) is 4.74 Å². The van der Waals surface area contributed by atoms with Crippen molar-refractivity contribution in [3.05, 3.63) is 21.2 Å². The predicted octanol–water partition coefficient (Wildman–Crippen LogP) is 3.47. The summed E-state index contributed by atoms with van der Waals surface area (Å²) < 4.78 is 7.52. The summed E-state index contributed by atoms with van der Waals surface area (Å²) in [6.45, 7) is 4.11. The Hall–Kier alpha value is -0.130. The Morgan fingerprint density at radius 1 is 1.24 bits per heavy atom. The fourth-order valence-corrected chi connectivity index (χ4v) is 3.06. The molecule has 2 rings (SSSR count). The zero-order valence-electron chi connectivity index (χ0n) is 9.66. The number of hydrogen-bond acceptors (Lipinski definition) is 3. The maximum absolute atomic E-state index is 5.67. The van der Waals surface area contributed by atoms with Crippen LogP contribution in [0, 0.1) is 0 Å². The number of halogens is 2. The molecule has 94 valence electrons. The van der Waals surface area contributed by atoms with Gasteiger partial charge in [-0.25, -0.2) is 4.98 Å². The fraction of sp³-hybridized carbons (Fsp3) is 0.583. The van der Waals surface area contributed by atoms with Crippen molar-refractivity contribution in [3.8, 4) is 5.88 Å². The molecule has 0 spiro atoms. The van der Waals surface area contributed by atoms with Gasteiger partial charge in [0.15, 0.2) is 0 Å². The molecule has 5 heteroatoms. The zero-order valence-corrected chi connectivity index (χ0v) is 12.8. The van der Waals surface area contributed by atoms with Gasteiger partial charge in [-0.05, 0) is 63.9 Å². The summed E-state index contributed by atoms with van der Waals surface area (Å²) in [5.74, 6) is 0.671. The molecule has 3 nitrogen and oxygen atoms in total. The van der Waals surface area contributed by atoms with Crippen LogP contribution in [0.15, 0.2) is 21.2 Å². The van der Waals surface area contributed by atoms with E-state index in [1.165, 1.54) is 32.4 Å². The molecular weight excluding hydrogens is 348 g/mol. The quantitative estimate of drug-likeness (QED) is 0.818. The monoisotopic (exact) mass is 362 g/mol. The largest absolute Gasteiger partial charge is 0.476 e. The van der Waals surface area contributed by atoms with Gasteiger partial charge in [0.2, 0.25) is 5.88 Å². The van der Waals surface area contributed by atoms with Crippen LogP contribution in [-0.4, -0.2) is 36.1 Å². The summed E-state index contributed by atoms with van der Waals surface area (Å²) in [4.78, 5) is 6.68. The molecule has 1 aromatic heterocycles. The fourth-order valence-electron chi connectivity index (χ4n) is 1.96. The van der Waals surface area contributed by atoms with Gasteiger partial charge in [0.05, 0.1) is 4.47 Å². The van der Waals surface area contributed by atoms with Crippen molar-refractivity contribution in [3.63, 3.8) is 0 Å². The first-order chi connectivity index (χ1) is 8.25. The summed E-state index contributed by atoms with van der Waals surface area (Å²) >= 11 is 6.81. The predicted molar refractivity (Wildman–Crippen MR) is 75.4 cm³/mol. The number of nitrogens with zero attached hydrogens (tertiary/aromatic N) is 2. The molecular formula is C12H16Br2N2O. The lowest BCUT2D eigenvalue weighted by Gasteiger charge is -2.26. The zero-order chi connectivity index (χ0) is 12.1. The van der Waals surface area contributed by atoms with Crippen molar-refractivity contribution in [2.75, 3.05) is 26.2 Å². The van der Waals surface area contributed by atoms with E-state index >= 15 is 0 Å². The number of piperidine rings is 1. The van der Waals surface area contributed by atoms with E-state index in [2.05, 4.69) is 41.7 Å². The lowest BCUT2D eigenvalue weighted by molar-refractivity contribution is 0.180. The van der Waals surface area contributed by atoms with E-state index in [1.54, 1.807) is 6.20 Å². The number of pyridine rings is 1. The normalized spacial score (nSPS) is 17.1. The molecule has 0 bridgehead atoms. The summed E-state index contributed by atoms with van der Waals surface area (Å²) in [5.41, 5.74) is 0. The molecule has 0 radical (unpaired) electrons. The Morgan fingerprint density at radius 2 is 2.00 bits per heavy atom. The molecule has 1 saturated heterocycles. The number of hydrogen-bond donors (Lipinski definition) is 0. The van der Waals surface area contributed by atoms with E-state index in [9.17, 15) is 0 Å². The van der Waals surface area contributed by atoms with Crippen LogP contribution in [0.3, 0.4) is 0 Å². The smallest absolute Gasteiger partial charge is 0.228 e. The maximum Gasteiger partial charge on any atom is 0.228 e. The van der Waals surface area contributed by atoms with Crippen molar-refractivity contribution >= 4 is 31.9 Å². The maximum atomic E-state index is 5.67. The molecule has 1 fully saturated rings.